The predicted octanol–water partition coefficient (Wildman–Crippen LogP) is -2.68. The maximum Gasteiger partial charge on any atom is 0.326 e. The number of aliphatic carboxylic acids is 2. The van der Waals surface area contributed by atoms with Gasteiger partial charge in [-0.3, -0.25) is 28.8 Å². The number of carbonyl (C=O) groups is 7. The number of aliphatic hydroxyl groups excluding tert-OH is 2. The highest BCUT2D eigenvalue weighted by Gasteiger charge is 2.33. The summed E-state index contributed by atoms with van der Waals surface area (Å²) in [5.74, 6) is -7.99. The minimum Gasteiger partial charge on any atom is -0.508 e. The fourth-order valence-electron chi connectivity index (χ4n) is 4.35. The largest absolute Gasteiger partial charge is 0.508 e. The zero-order valence-electron chi connectivity index (χ0n) is 27.8. The third kappa shape index (κ3) is 14.9. The smallest absolute Gasteiger partial charge is 0.326 e. The normalized spacial score (nSPS) is 14.8. The molecule has 0 spiro atoms. The fourth-order valence-corrected chi connectivity index (χ4v) is 4.35. The molecule has 18 nitrogen and oxygen atoms in total. The summed E-state index contributed by atoms with van der Waals surface area (Å²) in [5.41, 5.74) is 6.22. The van der Waals surface area contributed by atoms with Crippen LogP contribution in [0.4, 0.5) is 0 Å². The molecule has 0 unspecified atom stereocenters. The van der Waals surface area contributed by atoms with Crippen molar-refractivity contribution in [3.8, 4) is 5.75 Å². The first-order chi connectivity index (χ1) is 22.9. The number of phenols is 1. The van der Waals surface area contributed by atoms with Crippen molar-refractivity contribution in [1.29, 1.82) is 0 Å². The van der Waals surface area contributed by atoms with Gasteiger partial charge in [0.1, 0.15) is 36.0 Å². The highest BCUT2D eigenvalue weighted by molar-refractivity contribution is 5.96. The Bertz CT molecular complexity index is 1310. The molecule has 0 fully saturated rings. The van der Waals surface area contributed by atoms with Crippen molar-refractivity contribution >= 4 is 41.5 Å². The summed E-state index contributed by atoms with van der Waals surface area (Å²) >= 11 is 0. The van der Waals surface area contributed by atoms with Gasteiger partial charge in [-0.15, -0.1) is 0 Å². The number of carbonyl (C=O) groups excluding carboxylic acids is 5. The number of nitrogens with one attached hydrogen (secondary N) is 5. The minimum atomic E-state index is -1.67. The average Bonchev–Trinajstić information content (AvgIpc) is 3.03. The summed E-state index contributed by atoms with van der Waals surface area (Å²) in [6.45, 7) is 4.97. The van der Waals surface area contributed by atoms with E-state index in [1.54, 1.807) is 27.7 Å². The Labute approximate surface area is 283 Å². The lowest BCUT2D eigenvalue weighted by Gasteiger charge is -2.27. The second-order valence-corrected chi connectivity index (χ2v) is 12.2. The van der Waals surface area contributed by atoms with E-state index in [0.29, 0.717) is 5.56 Å². The van der Waals surface area contributed by atoms with Crippen molar-refractivity contribution in [3.63, 3.8) is 0 Å². The van der Waals surface area contributed by atoms with Crippen LogP contribution in [0.1, 0.15) is 52.5 Å². The third-order valence-corrected chi connectivity index (χ3v) is 7.26. The Hall–Kier alpha value is -4.81. The Morgan fingerprint density at radius 1 is 0.653 bits per heavy atom. The molecule has 0 aromatic heterocycles. The number of hydrogen-bond donors (Lipinski definition) is 11. The monoisotopic (exact) mass is 696 g/mol. The van der Waals surface area contributed by atoms with Gasteiger partial charge in [0.25, 0.3) is 0 Å². The van der Waals surface area contributed by atoms with Crippen LogP contribution in [-0.2, 0) is 40.0 Å². The Kier molecular flexibility index (Phi) is 17.7. The Balaban J connectivity index is 3.25. The molecule has 0 saturated heterocycles. The minimum absolute atomic E-state index is 0.0206. The van der Waals surface area contributed by atoms with Crippen LogP contribution in [0, 0.1) is 11.8 Å². The molecular weight excluding hydrogens is 648 g/mol. The molecule has 1 aromatic rings. The molecule has 0 aliphatic heterocycles. The Morgan fingerprint density at radius 2 is 1.08 bits per heavy atom. The molecule has 18 heteroatoms. The van der Waals surface area contributed by atoms with E-state index < -0.39 is 104 Å². The van der Waals surface area contributed by atoms with Crippen molar-refractivity contribution < 1.29 is 59.1 Å². The third-order valence-electron chi connectivity index (χ3n) is 7.26. The van der Waals surface area contributed by atoms with E-state index in [-0.39, 0.29) is 30.4 Å². The molecule has 0 aliphatic rings. The molecule has 274 valence electrons. The van der Waals surface area contributed by atoms with Gasteiger partial charge in [0, 0.05) is 12.8 Å². The van der Waals surface area contributed by atoms with Crippen LogP contribution in [0.3, 0.4) is 0 Å². The molecule has 0 aliphatic carbocycles. The molecule has 6 atom stereocenters. The van der Waals surface area contributed by atoms with Gasteiger partial charge in [0.15, 0.2) is 0 Å². The number of carboxylic acids is 2. The lowest BCUT2D eigenvalue weighted by molar-refractivity contribution is -0.143. The summed E-state index contributed by atoms with van der Waals surface area (Å²) in [4.78, 5) is 87.8. The second kappa shape index (κ2) is 20.5. The zero-order chi connectivity index (χ0) is 37.4. The first kappa shape index (κ1) is 42.2. The van der Waals surface area contributed by atoms with Gasteiger partial charge >= 0.3 is 11.9 Å². The van der Waals surface area contributed by atoms with E-state index in [0.717, 1.165) is 0 Å². The van der Waals surface area contributed by atoms with Crippen molar-refractivity contribution in [2.45, 2.75) is 89.6 Å². The molecular formula is C31H48N6O12. The predicted molar refractivity (Wildman–Crippen MR) is 172 cm³/mol. The standard InChI is InChI=1S/C31H48N6O12/c1-15(2)11-20(26(43)33-19(31(48)49)9-10-24(41)42)34-27(44)21(12-17-5-7-18(40)8-6-17)35-28(45)22(13-38)36-29(46)23(14-39)37-30(47)25(32)16(3)4/h5-8,15-16,19-23,25,38-40H,9-14,32H2,1-4H3,(H,33,43)(H,34,44)(H,35,45)(H,36,46)(H,37,47)(H,41,42)(H,48,49)/t19-,20-,21-,22-,23-,25-/m0/s1. The van der Waals surface area contributed by atoms with E-state index in [2.05, 4.69) is 26.6 Å². The van der Waals surface area contributed by atoms with Crippen molar-refractivity contribution in [2.24, 2.45) is 17.6 Å². The number of amides is 5. The number of aromatic hydroxyl groups is 1. The topological polar surface area (TPSA) is 307 Å². The molecule has 0 radical (unpaired) electrons. The summed E-state index contributed by atoms with van der Waals surface area (Å²) in [6, 6.07) is -2.97. The summed E-state index contributed by atoms with van der Waals surface area (Å²) in [6.07, 6.45) is -1.15. The molecule has 0 saturated carbocycles. The summed E-state index contributed by atoms with van der Waals surface area (Å²) < 4.78 is 0. The zero-order valence-corrected chi connectivity index (χ0v) is 27.8. The van der Waals surface area contributed by atoms with Gasteiger partial charge in [0.05, 0.1) is 19.3 Å². The molecule has 12 N–H and O–H groups in total. The quantitative estimate of drug-likeness (QED) is 0.0625. The van der Waals surface area contributed by atoms with Crippen LogP contribution in [0.15, 0.2) is 24.3 Å². The first-order valence-electron chi connectivity index (χ1n) is 15.6. The van der Waals surface area contributed by atoms with Crippen molar-refractivity contribution in [2.75, 3.05) is 13.2 Å². The maximum absolute atomic E-state index is 13.6. The number of nitrogens with two attached hydrogens (primary N) is 1. The first-order valence-corrected chi connectivity index (χ1v) is 15.6. The Morgan fingerprint density at radius 3 is 1.53 bits per heavy atom. The fraction of sp³-hybridized carbons (Fsp3) is 0.581. The van der Waals surface area contributed by atoms with Crippen LogP contribution in [-0.4, -0.2) is 116 Å². The van der Waals surface area contributed by atoms with Crippen LogP contribution in [0.25, 0.3) is 0 Å². The highest BCUT2D eigenvalue weighted by Crippen LogP contribution is 2.13. The highest BCUT2D eigenvalue weighted by atomic mass is 16.4. The van der Waals surface area contributed by atoms with Gasteiger partial charge in [-0.1, -0.05) is 39.8 Å². The molecule has 1 aromatic carbocycles. The second-order valence-electron chi connectivity index (χ2n) is 12.2. The number of hydrogen-bond acceptors (Lipinski definition) is 11. The molecule has 5 amide bonds. The van der Waals surface area contributed by atoms with Crippen molar-refractivity contribution in [1.82, 2.24) is 26.6 Å². The molecule has 1 rings (SSSR count). The van der Waals surface area contributed by atoms with Gasteiger partial charge in [0.2, 0.25) is 29.5 Å². The summed E-state index contributed by atoms with van der Waals surface area (Å²) in [7, 11) is 0. The number of phenolic OH excluding ortho intramolecular Hbond substituents is 1. The van der Waals surface area contributed by atoms with Gasteiger partial charge in [-0.25, -0.2) is 4.79 Å². The van der Waals surface area contributed by atoms with Crippen LogP contribution >= 0.6 is 0 Å². The summed E-state index contributed by atoms with van der Waals surface area (Å²) in [5, 5.41) is 59.3. The van der Waals surface area contributed by atoms with Crippen LogP contribution < -0.4 is 32.3 Å². The average molecular weight is 697 g/mol. The maximum atomic E-state index is 13.6. The van der Waals surface area contributed by atoms with Gasteiger partial charge in [-0.2, -0.15) is 0 Å². The van der Waals surface area contributed by atoms with E-state index in [1.807, 2.05) is 0 Å². The van der Waals surface area contributed by atoms with Gasteiger partial charge < -0.3 is 57.9 Å². The molecule has 0 bridgehead atoms. The van der Waals surface area contributed by atoms with E-state index in [1.165, 1.54) is 24.3 Å². The van der Waals surface area contributed by atoms with Crippen molar-refractivity contribution in [3.05, 3.63) is 29.8 Å². The van der Waals surface area contributed by atoms with E-state index in [9.17, 15) is 54.0 Å². The number of carboxylic acid groups (broad SMARTS) is 2. The number of rotatable bonds is 21. The van der Waals surface area contributed by atoms with E-state index >= 15 is 0 Å². The molecule has 0 heterocycles. The molecule has 49 heavy (non-hydrogen) atoms. The van der Waals surface area contributed by atoms with Crippen LogP contribution in [0.5, 0.6) is 5.75 Å². The SMILES string of the molecule is CC(C)C[C@H](NC(=O)[C@H](Cc1ccc(O)cc1)NC(=O)[C@H](CO)NC(=O)[C@H](CO)NC(=O)[C@@H](N)C(C)C)C(=O)N[C@@H](CCC(=O)O)C(=O)O. The number of benzene rings is 1. The van der Waals surface area contributed by atoms with Crippen LogP contribution in [0.2, 0.25) is 0 Å². The van der Waals surface area contributed by atoms with Gasteiger partial charge in [-0.05, 0) is 42.4 Å². The lowest BCUT2D eigenvalue weighted by Crippen LogP contribution is -2.61. The lowest BCUT2D eigenvalue weighted by atomic mass is 10.00. The number of aliphatic hydroxyl groups is 2. The van der Waals surface area contributed by atoms with E-state index in [4.69, 9.17) is 10.8 Å².